The van der Waals surface area contributed by atoms with Crippen molar-refractivity contribution in [2.45, 2.75) is 45.3 Å². The topological polar surface area (TPSA) is 31.4 Å². The first-order chi connectivity index (χ1) is 9.78. The van der Waals surface area contributed by atoms with Crippen LogP contribution in [-0.4, -0.2) is 23.3 Å². The molecule has 0 aromatic carbocycles. The molecule has 0 amide bonds. The third kappa shape index (κ3) is 2.49. The normalized spacial score (nSPS) is 23.9. The molecule has 0 N–H and O–H groups in total. The van der Waals surface area contributed by atoms with Crippen molar-refractivity contribution in [2.75, 3.05) is 0 Å². The first-order valence-electron chi connectivity index (χ1n) is 7.18. The van der Waals surface area contributed by atoms with E-state index in [4.69, 9.17) is 13.4 Å². The molecule has 1 aliphatic heterocycles. The van der Waals surface area contributed by atoms with Crippen LogP contribution in [0.1, 0.15) is 43.9 Å². The molecule has 2 rings (SSSR count). The second-order valence-corrected chi connectivity index (χ2v) is 5.27. The minimum Gasteiger partial charge on any atom is -0.399 e. The van der Waals surface area contributed by atoms with Crippen LogP contribution < -0.4 is 5.46 Å². The highest BCUT2D eigenvalue weighted by Crippen LogP contribution is 2.36. The van der Waals surface area contributed by atoms with Crippen LogP contribution >= 0.6 is 0 Å². The molecule has 1 aromatic rings. The van der Waals surface area contributed by atoms with Crippen LogP contribution in [-0.2, 0) is 9.31 Å². The first kappa shape index (κ1) is 10.7. The molecule has 1 aromatic heterocycles. The van der Waals surface area contributed by atoms with E-state index in [9.17, 15) is 13.2 Å². The van der Waals surface area contributed by atoms with Crippen molar-refractivity contribution in [3.05, 3.63) is 23.7 Å². The van der Waals surface area contributed by atoms with Gasteiger partial charge in [-0.05, 0) is 33.7 Å². The van der Waals surface area contributed by atoms with Crippen molar-refractivity contribution in [3.8, 4) is 0 Å². The van der Waals surface area contributed by atoms with Gasteiger partial charge in [0.25, 0.3) is 6.40 Å². The van der Waals surface area contributed by atoms with Crippen molar-refractivity contribution < 1.29 is 26.6 Å². The van der Waals surface area contributed by atoms with E-state index < -0.39 is 53.9 Å². The molecule has 0 saturated carbocycles. The van der Waals surface area contributed by atoms with Crippen molar-refractivity contribution in [1.82, 2.24) is 4.98 Å². The molecule has 1 fully saturated rings. The monoisotopic (exact) mass is 276 g/mol. The van der Waals surface area contributed by atoms with Crippen molar-refractivity contribution in [3.63, 3.8) is 0 Å². The Morgan fingerprint density at radius 2 is 1.84 bits per heavy atom. The number of hydrogen-bond acceptors (Lipinski definition) is 3. The number of aromatic nitrogens is 1. The Morgan fingerprint density at radius 3 is 2.32 bits per heavy atom. The van der Waals surface area contributed by atoms with E-state index in [2.05, 4.69) is 4.98 Å². The van der Waals surface area contributed by atoms with E-state index in [0.717, 1.165) is 0 Å². The third-order valence-electron chi connectivity index (χ3n) is 3.42. The first-order valence-corrected chi connectivity index (χ1v) is 5.68. The highest BCUT2D eigenvalue weighted by atomic mass is 19.3. The molecule has 0 bridgehead atoms. The maximum atomic E-state index is 14.2. The molecule has 0 spiro atoms. The van der Waals surface area contributed by atoms with Gasteiger partial charge in [-0.1, -0.05) is 0 Å². The van der Waals surface area contributed by atoms with Gasteiger partial charge in [0.1, 0.15) is 12.9 Å². The fraction of sp³-hybridized carbons (Fsp3) is 0.583. The van der Waals surface area contributed by atoms with Gasteiger partial charge in [0.2, 0.25) is 0 Å². The van der Waals surface area contributed by atoms with Gasteiger partial charge in [-0.3, -0.25) is 4.98 Å². The predicted molar refractivity (Wildman–Crippen MR) is 64.9 cm³/mol. The van der Waals surface area contributed by atoms with E-state index >= 15 is 0 Å². The largest absolute Gasteiger partial charge is 0.497 e. The van der Waals surface area contributed by atoms with E-state index in [1.165, 1.54) is 0 Å². The fourth-order valence-electron chi connectivity index (χ4n) is 1.59. The molecule has 1 aliphatic rings. The predicted octanol–water partition coefficient (Wildman–Crippen LogP) is 2.46. The maximum absolute atomic E-state index is 14.2. The summed E-state index contributed by atoms with van der Waals surface area (Å²) in [5, 5.41) is 0. The molecular weight excluding hydrogens is 258 g/mol. The number of hydrogen-bond donors (Lipinski definition) is 0. The van der Waals surface area contributed by atoms with Gasteiger partial charge >= 0.3 is 7.12 Å². The molecule has 2 heterocycles. The zero-order valence-corrected chi connectivity index (χ0v) is 11.0. The summed E-state index contributed by atoms with van der Waals surface area (Å²) in [6, 6.07) is -0.994. The molecule has 3 nitrogen and oxygen atoms in total. The summed E-state index contributed by atoms with van der Waals surface area (Å²) in [7, 11) is -1.43. The summed E-state index contributed by atoms with van der Waals surface area (Å²) in [5.74, 6) is -1.27. The van der Waals surface area contributed by atoms with Crippen LogP contribution in [0.5, 0.6) is 0 Å². The molecule has 0 aliphatic carbocycles. The second kappa shape index (κ2) is 4.49. The minimum absolute atomic E-state index is 0.638. The van der Waals surface area contributed by atoms with Gasteiger partial charge < -0.3 is 9.31 Å². The van der Waals surface area contributed by atoms with Crippen LogP contribution in [0.25, 0.3) is 0 Å². The smallest absolute Gasteiger partial charge is 0.399 e. The lowest BCUT2D eigenvalue weighted by atomic mass is 9.79. The lowest BCUT2D eigenvalue weighted by Gasteiger charge is -2.32. The molecule has 1 saturated heterocycles. The summed E-state index contributed by atoms with van der Waals surface area (Å²) in [4.78, 5) is 3.00. The van der Waals surface area contributed by atoms with Gasteiger partial charge in [0.05, 0.1) is 20.1 Å². The molecular formula is C12H15BF3NO2. The Kier molecular flexibility index (Phi) is 2.52. The molecule has 0 radical (unpaired) electrons. The van der Waals surface area contributed by atoms with E-state index in [1.54, 1.807) is 27.7 Å². The quantitative estimate of drug-likeness (QED) is 0.777. The number of nitrogens with zero attached hydrogens (tertiary/aromatic N) is 1. The Bertz CT molecular complexity index is 607. The average molecular weight is 276 g/mol. The second-order valence-electron chi connectivity index (χ2n) is 5.27. The summed E-state index contributed by atoms with van der Waals surface area (Å²) in [6.07, 6.45) is -5.30. The summed E-state index contributed by atoms with van der Waals surface area (Å²) in [6.45, 7) is 6.71. The molecule has 19 heavy (non-hydrogen) atoms. The van der Waals surface area contributed by atoms with Crippen molar-refractivity contribution in [2.24, 2.45) is 0 Å². The SMILES string of the molecule is [2H]c1nc(C([2H])(F)F)c([2H])c(B2OC(C)(C)C(C)(C)O2)c1F. The lowest BCUT2D eigenvalue weighted by Crippen LogP contribution is -2.41. The van der Waals surface area contributed by atoms with E-state index in [0.29, 0.717) is 0 Å². The van der Waals surface area contributed by atoms with Gasteiger partial charge in [0.15, 0.2) is 0 Å². The average Bonchev–Trinajstić information content (AvgIpc) is 2.51. The molecule has 104 valence electrons. The molecule has 7 heteroatoms. The number of alkyl halides is 2. The Balaban J connectivity index is 2.60. The van der Waals surface area contributed by atoms with Crippen LogP contribution in [0.15, 0.2) is 12.2 Å². The van der Waals surface area contributed by atoms with Gasteiger partial charge in [-0.25, -0.2) is 13.2 Å². The van der Waals surface area contributed by atoms with Crippen molar-refractivity contribution in [1.29, 1.82) is 0 Å². The Hall–Kier alpha value is -1.08. The Labute approximate surface area is 114 Å². The zero-order valence-electron chi connectivity index (χ0n) is 14.0. The van der Waals surface area contributed by atoms with Gasteiger partial charge in [-0.2, -0.15) is 0 Å². The maximum Gasteiger partial charge on any atom is 0.497 e. The number of rotatable bonds is 2. The summed E-state index contributed by atoms with van der Waals surface area (Å²) >= 11 is 0. The van der Waals surface area contributed by atoms with Crippen LogP contribution in [0.4, 0.5) is 13.2 Å². The van der Waals surface area contributed by atoms with Gasteiger partial charge in [0, 0.05) is 5.46 Å². The van der Waals surface area contributed by atoms with Crippen molar-refractivity contribution >= 4 is 12.6 Å². The minimum atomic E-state index is -4.22. The van der Waals surface area contributed by atoms with E-state index in [-0.39, 0.29) is 0 Å². The summed E-state index contributed by atoms with van der Waals surface area (Å²) in [5.41, 5.74) is -3.68. The Morgan fingerprint density at radius 1 is 1.32 bits per heavy atom. The number of pyridine rings is 1. The molecule has 0 atom stereocenters. The molecule has 0 unspecified atom stereocenters. The van der Waals surface area contributed by atoms with E-state index in [1.807, 2.05) is 0 Å². The van der Waals surface area contributed by atoms with Crippen LogP contribution in [0.3, 0.4) is 0 Å². The van der Waals surface area contributed by atoms with Crippen LogP contribution in [0, 0.1) is 5.82 Å². The lowest BCUT2D eigenvalue weighted by molar-refractivity contribution is 0.00578. The summed E-state index contributed by atoms with van der Waals surface area (Å²) < 4.78 is 73.4. The number of halogens is 3. The zero-order chi connectivity index (χ0) is 17.1. The fourth-order valence-corrected chi connectivity index (χ4v) is 1.59. The van der Waals surface area contributed by atoms with Gasteiger partial charge in [-0.15, -0.1) is 0 Å². The third-order valence-corrected chi connectivity index (χ3v) is 3.42. The standard InChI is InChI=1S/C12H15BF3NO2/c1-11(2)12(3,4)19-13(18-11)7-5-9(10(15)16)17-6-8(7)14/h5-6,10H,1-4H3/i5D,6D,10D. The highest BCUT2D eigenvalue weighted by Gasteiger charge is 2.52. The highest BCUT2D eigenvalue weighted by molar-refractivity contribution is 6.62. The van der Waals surface area contributed by atoms with Crippen LogP contribution in [0.2, 0.25) is 0 Å².